The summed E-state index contributed by atoms with van der Waals surface area (Å²) < 4.78 is 11.6. The third-order valence-corrected chi connectivity index (χ3v) is 6.23. The van der Waals surface area contributed by atoms with Crippen molar-refractivity contribution in [1.82, 2.24) is 10.6 Å². The first-order valence-electron chi connectivity index (χ1n) is 11.0. The fourth-order valence-electron chi connectivity index (χ4n) is 4.03. The highest BCUT2D eigenvalue weighted by molar-refractivity contribution is 5.79. The molecule has 30 heavy (non-hydrogen) atoms. The standard InChI is InChI=1S/C25H33N3O2/c1-19-8-9-21(23(14-19)30-17-20-10-13-29-16-20)15-27-24(26-2)28-18-25(11-12-25)22-6-4-3-5-7-22/h3-9,14,20H,10-13,15-18H2,1-2H3,(H2,26,27,28). The maximum Gasteiger partial charge on any atom is 0.191 e. The minimum absolute atomic E-state index is 0.250. The largest absolute Gasteiger partial charge is 0.493 e. The van der Waals surface area contributed by atoms with E-state index in [-0.39, 0.29) is 5.41 Å². The lowest BCUT2D eigenvalue weighted by Crippen LogP contribution is -2.41. The maximum absolute atomic E-state index is 6.17. The second-order valence-electron chi connectivity index (χ2n) is 8.58. The summed E-state index contributed by atoms with van der Waals surface area (Å²) in [6.45, 7) is 6.04. The van der Waals surface area contributed by atoms with Gasteiger partial charge in [0.15, 0.2) is 5.96 Å². The molecule has 1 saturated heterocycles. The molecule has 0 bridgehead atoms. The summed E-state index contributed by atoms with van der Waals surface area (Å²) in [4.78, 5) is 4.42. The number of ether oxygens (including phenoxy) is 2. The second-order valence-corrected chi connectivity index (χ2v) is 8.58. The number of nitrogens with zero attached hydrogens (tertiary/aromatic N) is 1. The molecule has 2 N–H and O–H groups in total. The van der Waals surface area contributed by atoms with Crippen LogP contribution in [0.3, 0.4) is 0 Å². The first-order valence-corrected chi connectivity index (χ1v) is 11.0. The topological polar surface area (TPSA) is 54.9 Å². The van der Waals surface area contributed by atoms with Crippen molar-refractivity contribution in [2.24, 2.45) is 10.9 Å². The van der Waals surface area contributed by atoms with Gasteiger partial charge >= 0.3 is 0 Å². The SMILES string of the molecule is CN=C(NCc1ccc(C)cc1OCC1CCOC1)NCC1(c2ccccc2)CC1. The van der Waals surface area contributed by atoms with Crippen molar-refractivity contribution in [3.8, 4) is 5.75 Å². The lowest BCUT2D eigenvalue weighted by atomic mass is 9.96. The number of hydrogen-bond acceptors (Lipinski definition) is 3. The Morgan fingerprint density at radius 1 is 1.17 bits per heavy atom. The lowest BCUT2D eigenvalue weighted by Gasteiger charge is -2.20. The molecular weight excluding hydrogens is 374 g/mol. The molecule has 2 aliphatic rings. The normalized spacial score (nSPS) is 20.1. The second kappa shape index (κ2) is 9.52. The molecule has 0 aromatic heterocycles. The highest BCUT2D eigenvalue weighted by Gasteiger charge is 2.44. The summed E-state index contributed by atoms with van der Waals surface area (Å²) in [5, 5.41) is 6.99. The van der Waals surface area contributed by atoms with Crippen molar-refractivity contribution in [3.05, 3.63) is 65.2 Å². The molecule has 5 nitrogen and oxygen atoms in total. The van der Waals surface area contributed by atoms with Crippen LogP contribution in [-0.4, -0.2) is 39.4 Å². The van der Waals surface area contributed by atoms with E-state index in [9.17, 15) is 0 Å². The molecule has 5 heteroatoms. The Balaban J connectivity index is 1.32. The van der Waals surface area contributed by atoms with Crippen molar-refractivity contribution in [2.45, 2.75) is 38.1 Å². The predicted molar refractivity (Wildman–Crippen MR) is 121 cm³/mol. The Bertz CT molecular complexity index is 856. The van der Waals surface area contributed by atoms with Gasteiger partial charge in [0, 0.05) is 43.6 Å². The molecule has 2 fully saturated rings. The molecule has 160 valence electrons. The van der Waals surface area contributed by atoms with Crippen molar-refractivity contribution in [3.63, 3.8) is 0 Å². The van der Waals surface area contributed by atoms with Gasteiger partial charge in [-0.05, 0) is 43.4 Å². The van der Waals surface area contributed by atoms with E-state index in [1.54, 1.807) is 0 Å². The Labute approximate surface area is 179 Å². The maximum atomic E-state index is 6.17. The van der Waals surface area contributed by atoms with Gasteiger partial charge in [-0.15, -0.1) is 0 Å². The van der Waals surface area contributed by atoms with Crippen LogP contribution < -0.4 is 15.4 Å². The molecule has 1 aliphatic heterocycles. The Hall–Kier alpha value is -2.53. The zero-order valence-electron chi connectivity index (χ0n) is 18.1. The quantitative estimate of drug-likeness (QED) is 0.516. The molecule has 1 heterocycles. The van der Waals surface area contributed by atoms with E-state index in [1.165, 1.54) is 24.0 Å². The highest BCUT2D eigenvalue weighted by Crippen LogP contribution is 2.47. The molecule has 2 aromatic rings. The van der Waals surface area contributed by atoms with Crippen LogP contribution in [0.15, 0.2) is 53.5 Å². The van der Waals surface area contributed by atoms with Gasteiger partial charge in [0.25, 0.3) is 0 Å². The van der Waals surface area contributed by atoms with Crippen LogP contribution in [0, 0.1) is 12.8 Å². The van der Waals surface area contributed by atoms with Gasteiger partial charge in [-0.3, -0.25) is 4.99 Å². The van der Waals surface area contributed by atoms with Crippen LogP contribution in [-0.2, 0) is 16.7 Å². The van der Waals surface area contributed by atoms with Crippen LogP contribution >= 0.6 is 0 Å². The van der Waals surface area contributed by atoms with Gasteiger partial charge in [0.1, 0.15) is 5.75 Å². The monoisotopic (exact) mass is 407 g/mol. The van der Waals surface area contributed by atoms with Crippen molar-refractivity contribution in [1.29, 1.82) is 0 Å². The van der Waals surface area contributed by atoms with Gasteiger partial charge in [-0.25, -0.2) is 0 Å². The summed E-state index contributed by atoms with van der Waals surface area (Å²) in [6, 6.07) is 17.2. The van der Waals surface area contributed by atoms with Gasteiger partial charge in [-0.2, -0.15) is 0 Å². The molecule has 1 saturated carbocycles. The van der Waals surface area contributed by atoms with E-state index in [2.05, 4.69) is 71.1 Å². The fraction of sp³-hybridized carbons (Fsp3) is 0.480. The number of aryl methyl sites for hydroxylation is 1. The number of rotatable bonds is 8. The summed E-state index contributed by atoms with van der Waals surface area (Å²) in [5.74, 6) is 2.27. The summed E-state index contributed by atoms with van der Waals surface area (Å²) >= 11 is 0. The highest BCUT2D eigenvalue weighted by atomic mass is 16.5. The summed E-state index contributed by atoms with van der Waals surface area (Å²) in [7, 11) is 1.82. The zero-order valence-corrected chi connectivity index (χ0v) is 18.1. The van der Waals surface area contributed by atoms with E-state index in [0.29, 0.717) is 19.1 Å². The molecule has 4 rings (SSSR count). The van der Waals surface area contributed by atoms with Crippen molar-refractivity contribution >= 4 is 5.96 Å². The average Bonchev–Trinajstić information content (AvgIpc) is 3.39. The van der Waals surface area contributed by atoms with Crippen LogP contribution in [0.4, 0.5) is 0 Å². The minimum atomic E-state index is 0.250. The molecule has 1 unspecified atom stereocenters. The van der Waals surface area contributed by atoms with Gasteiger partial charge in [-0.1, -0.05) is 42.5 Å². The summed E-state index contributed by atoms with van der Waals surface area (Å²) in [6.07, 6.45) is 3.53. The molecule has 1 aliphatic carbocycles. The number of guanidine groups is 1. The van der Waals surface area contributed by atoms with Gasteiger partial charge in [0.2, 0.25) is 0 Å². The molecule has 0 radical (unpaired) electrons. The number of nitrogens with one attached hydrogen (secondary N) is 2. The molecule has 0 amide bonds. The first kappa shape index (κ1) is 20.7. The number of hydrogen-bond donors (Lipinski definition) is 2. The minimum Gasteiger partial charge on any atom is -0.493 e. The van der Waals surface area contributed by atoms with Gasteiger partial charge < -0.3 is 20.1 Å². The van der Waals surface area contributed by atoms with Crippen LogP contribution in [0.25, 0.3) is 0 Å². The average molecular weight is 408 g/mol. The van der Waals surface area contributed by atoms with Gasteiger partial charge in [0.05, 0.1) is 13.2 Å². The van der Waals surface area contributed by atoms with Crippen LogP contribution in [0.5, 0.6) is 5.75 Å². The van der Waals surface area contributed by atoms with E-state index >= 15 is 0 Å². The zero-order chi connectivity index (χ0) is 20.8. The Morgan fingerprint density at radius 2 is 2.00 bits per heavy atom. The molecular formula is C25H33N3O2. The van der Waals surface area contributed by atoms with Crippen LogP contribution in [0.1, 0.15) is 36.0 Å². The van der Waals surface area contributed by atoms with Crippen LogP contribution in [0.2, 0.25) is 0 Å². The Morgan fingerprint density at radius 3 is 2.70 bits per heavy atom. The molecule has 1 atom stereocenters. The first-order chi connectivity index (χ1) is 14.7. The predicted octanol–water partition coefficient (Wildman–Crippen LogP) is 3.81. The van der Waals surface area contributed by atoms with Crippen molar-refractivity contribution in [2.75, 3.05) is 33.4 Å². The van der Waals surface area contributed by atoms with E-state index < -0.39 is 0 Å². The van der Waals surface area contributed by atoms with E-state index in [1.807, 2.05) is 7.05 Å². The molecule has 2 aromatic carbocycles. The van der Waals surface area contributed by atoms with E-state index in [0.717, 1.165) is 43.5 Å². The van der Waals surface area contributed by atoms with Crippen molar-refractivity contribution < 1.29 is 9.47 Å². The Kier molecular flexibility index (Phi) is 6.58. The number of aliphatic imine (C=N–C) groups is 1. The molecule has 0 spiro atoms. The fourth-order valence-corrected chi connectivity index (χ4v) is 4.03. The van der Waals surface area contributed by atoms with E-state index in [4.69, 9.17) is 9.47 Å². The third-order valence-electron chi connectivity index (χ3n) is 6.23. The number of benzene rings is 2. The third kappa shape index (κ3) is 5.14. The lowest BCUT2D eigenvalue weighted by molar-refractivity contribution is 0.166. The summed E-state index contributed by atoms with van der Waals surface area (Å²) in [5.41, 5.74) is 4.02. The smallest absolute Gasteiger partial charge is 0.191 e.